The summed E-state index contributed by atoms with van der Waals surface area (Å²) >= 11 is 0. The SMILES string of the molecule is C=C/C(=C\C=C(C)C)COC. The average molecular weight is 152 g/mol. The molecule has 0 heterocycles. The van der Waals surface area contributed by atoms with Crippen molar-refractivity contribution in [1.82, 2.24) is 0 Å². The molecule has 0 aromatic carbocycles. The molecule has 0 unspecified atom stereocenters. The summed E-state index contributed by atoms with van der Waals surface area (Å²) < 4.78 is 4.96. The molecule has 0 saturated carbocycles. The summed E-state index contributed by atoms with van der Waals surface area (Å²) in [6.45, 7) is 8.43. The molecule has 0 amide bonds. The van der Waals surface area contributed by atoms with E-state index in [1.165, 1.54) is 5.57 Å². The molecule has 1 heteroatoms. The van der Waals surface area contributed by atoms with Gasteiger partial charge in [-0.3, -0.25) is 0 Å². The number of methoxy groups -OCH3 is 1. The van der Waals surface area contributed by atoms with Crippen LogP contribution in [-0.2, 0) is 4.74 Å². The van der Waals surface area contributed by atoms with Gasteiger partial charge in [0.1, 0.15) is 0 Å². The summed E-state index contributed by atoms with van der Waals surface area (Å²) in [6, 6.07) is 0. The largest absolute Gasteiger partial charge is 0.380 e. The molecule has 0 rings (SSSR count). The Morgan fingerprint density at radius 1 is 1.36 bits per heavy atom. The van der Waals surface area contributed by atoms with Crippen LogP contribution < -0.4 is 0 Å². The van der Waals surface area contributed by atoms with Crippen LogP contribution in [0.3, 0.4) is 0 Å². The Bertz CT molecular complexity index is 171. The van der Waals surface area contributed by atoms with Crippen molar-refractivity contribution in [3.63, 3.8) is 0 Å². The lowest BCUT2D eigenvalue weighted by atomic mass is 10.2. The predicted molar refractivity (Wildman–Crippen MR) is 49.6 cm³/mol. The molecular formula is C10H16O. The first kappa shape index (κ1) is 10.2. The molecule has 0 bridgehead atoms. The van der Waals surface area contributed by atoms with Crippen molar-refractivity contribution in [2.24, 2.45) is 0 Å². The molecule has 0 aliphatic rings. The molecule has 11 heavy (non-hydrogen) atoms. The minimum atomic E-state index is 0.632. The highest BCUT2D eigenvalue weighted by atomic mass is 16.5. The van der Waals surface area contributed by atoms with Crippen LogP contribution in [0, 0.1) is 0 Å². The molecule has 0 spiro atoms. The Morgan fingerprint density at radius 2 is 2.00 bits per heavy atom. The molecule has 0 fully saturated rings. The van der Waals surface area contributed by atoms with Gasteiger partial charge in [-0.25, -0.2) is 0 Å². The van der Waals surface area contributed by atoms with Gasteiger partial charge in [0.25, 0.3) is 0 Å². The minimum Gasteiger partial charge on any atom is -0.380 e. The van der Waals surface area contributed by atoms with Crippen LogP contribution in [-0.4, -0.2) is 13.7 Å². The number of rotatable bonds is 4. The fourth-order valence-electron chi connectivity index (χ4n) is 0.615. The Kier molecular flexibility index (Phi) is 5.49. The van der Waals surface area contributed by atoms with E-state index >= 15 is 0 Å². The van der Waals surface area contributed by atoms with Crippen LogP contribution in [0.5, 0.6) is 0 Å². The van der Waals surface area contributed by atoms with E-state index in [1.54, 1.807) is 7.11 Å². The average Bonchev–Trinajstić information content (AvgIpc) is 1.97. The molecule has 0 radical (unpaired) electrons. The van der Waals surface area contributed by atoms with Crippen molar-refractivity contribution in [2.75, 3.05) is 13.7 Å². The van der Waals surface area contributed by atoms with E-state index in [-0.39, 0.29) is 0 Å². The molecule has 1 nitrogen and oxygen atoms in total. The molecular weight excluding hydrogens is 136 g/mol. The van der Waals surface area contributed by atoms with E-state index < -0.39 is 0 Å². The summed E-state index contributed by atoms with van der Waals surface area (Å²) in [7, 11) is 1.68. The fourth-order valence-corrected chi connectivity index (χ4v) is 0.615. The summed E-state index contributed by atoms with van der Waals surface area (Å²) in [5.41, 5.74) is 2.38. The molecule has 0 aliphatic carbocycles. The van der Waals surface area contributed by atoms with Gasteiger partial charge in [-0.05, 0) is 19.4 Å². The number of hydrogen-bond acceptors (Lipinski definition) is 1. The second-order valence-electron chi connectivity index (χ2n) is 2.62. The zero-order chi connectivity index (χ0) is 8.69. The van der Waals surface area contributed by atoms with Gasteiger partial charge in [-0.15, -0.1) is 0 Å². The van der Waals surface area contributed by atoms with Gasteiger partial charge in [0.15, 0.2) is 0 Å². The molecule has 0 aromatic heterocycles. The molecule has 0 saturated heterocycles. The zero-order valence-corrected chi connectivity index (χ0v) is 7.55. The first-order chi connectivity index (χ1) is 5.20. The van der Waals surface area contributed by atoms with Crippen LogP contribution >= 0.6 is 0 Å². The highest BCUT2D eigenvalue weighted by Gasteiger charge is 1.86. The van der Waals surface area contributed by atoms with Crippen LogP contribution in [0.25, 0.3) is 0 Å². The van der Waals surface area contributed by atoms with E-state index in [9.17, 15) is 0 Å². The monoisotopic (exact) mass is 152 g/mol. The molecule has 0 atom stereocenters. The van der Waals surface area contributed by atoms with E-state index in [1.807, 2.05) is 12.2 Å². The lowest BCUT2D eigenvalue weighted by Gasteiger charge is -1.96. The third-order valence-electron chi connectivity index (χ3n) is 1.20. The smallest absolute Gasteiger partial charge is 0.0712 e. The number of ether oxygens (including phenoxy) is 1. The third kappa shape index (κ3) is 5.62. The second kappa shape index (κ2) is 5.93. The highest BCUT2D eigenvalue weighted by Crippen LogP contribution is 1.98. The molecule has 62 valence electrons. The minimum absolute atomic E-state index is 0.632. The second-order valence-corrected chi connectivity index (χ2v) is 2.62. The zero-order valence-electron chi connectivity index (χ0n) is 7.55. The van der Waals surface area contributed by atoms with Gasteiger partial charge in [0.2, 0.25) is 0 Å². The maximum atomic E-state index is 4.96. The van der Waals surface area contributed by atoms with E-state index in [0.717, 1.165) is 5.57 Å². The lowest BCUT2D eigenvalue weighted by Crippen LogP contribution is -1.89. The maximum Gasteiger partial charge on any atom is 0.0712 e. The van der Waals surface area contributed by atoms with E-state index in [4.69, 9.17) is 4.74 Å². The van der Waals surface area contributed by atoms with Crippen LogP contribution in [0.4, 0.5) is 0 Å². The molecule has 0 aliphatic heterocycles. The Hall–Kier alpha value is -0.820. The van der Waals surface area contributed by atoms with Gasteiger partial charge in [0.05, 0.1) is 6.61 Å². The number of hydrogen-bond donors (Lipinski definition) is 0. The van der Waals surface area contributed by atoms with Crippen molar-refractivity contribution >= 4 is 0 Å². The van der Waals surface area contributed by atoms with Crippen molar-refractivity contribution < 1.29 is 4.74 Å². The molecule has 0 aromatic rings. The summed E-state index contributed by atoms with van der Waals surface area (Å²) in [5, 5.41) is 0. The van der Waals surface area contributed by atoms with Gasteiger partial charge in [-0.2, -0.15) is 0 Å². The summed E-state index contributed by atoms with van der Waals surface area (Å²) in [5.74, 6) is 0. The number of allylic oxidation sites excluding steroid dienone is 3. The van der Waals surface area contributed by atoms with E-state index in [2.05, 4.69) is 26.5 Å². The highest BCUT2D eigenvalue weighted by molar-refractivity contribution is 5.23. The van der Waals surface area contributed by atoms with Gasteiger partial charge < -0.3 is 4.74 Å². The lowest BCUT2D eigenvalue weighted by molar-refractivity contribution is 0.228. The normalized spacial score (nSPS) is 11.0. The topological polar surface area (TPSA) is 9.23 Å². The Morgan fingerprint density at radius 3 is 2.36 bits per heavy atom. The van der Waals surface area contributed by atoms with Crippen molar-refractivity contribution in [3.05, 3.63) is 36.0 Å². The van der Waals surface area contributed by atoms with Crippen LogP contribution in [0.1, 0.15) is 13.8 Å². The summed E-state index contributed by atoms with van der Waals surface area (Å²) in [6.07, 6.45) is 5.88. The fraction of sp³-hybridized carbons (Fsp3) is 0.400. The Labute approximate surface area is 69.1 Å². The molecule has 0 N–H and O–H groups in total. The van der Waals surface area contributed by atoms with Crippen molar-refractivity contribution in [2.45, 2.75) is 13.8 Å². The standard InChI is InChI=1S/C10H16O/c1-5-10(8-11-4)7-6-9(2)3/h5-7H,1,8H2,2-4H3/b10-7+. The quantitative estimate of drug-likeness (QED) is 0.563. The van der Waals surface area contributed by atoms with Gasteiger partial charge >= 0.3 is 0 Å². The van der Waals surface area contributed by atoms with Crippen molar-refractivity contribution in [3.8, 4) is 0 Å². The predicted octanol–water partition coefficient (Wildman–Crippen LogP) is 2.71. The van der Waals surface area contributed by atoms with Gasteiger partial charge in [0, 0.05) is 7.11 Å². The van der Waals surface area contributed by atoms with Gasteiger partial charge in [-0.1, -0.05) is 30.4 Å². The van der Waals surface area contributed by atoms with Crippen molar-refractivity contribution in [1.29, 1.82) is 0 Å². The third-order valence-corrected chi connectivity index (χ3v) is 1.20. The Balaban J connectivity index is 4.11. The first-order valence-electron chi connectivity index (χ1n) is 3.66. The first-order valence-corrected chi connectivity index (χ1v) is 3.66. The maximum absolute atomic E-state index is 4.96. The van der Waals surface area contributed by atoms with Crippen LogP contribution in [0.2, 0.25) is 0 Å². The summed E-state index contributed by atoms with van der Waals surface area (Å²) in [4.78, 5) is 0. The van der Waals surface area contributed by atoms with Crippen LogP contribution in [0.15, 0.2) is 36.0 Å². The van der Waals surface area contributed by atoms with E-state index in [0.29, 0.717) is 6.61 Å².